The lowest BCUT2D eigenvalue weighted by Crippen LogP contribution is -2.63. The molecule has 0 bridgehead atoms. The number of carbonyl (C=O) groups is 3. The molecule has 1 fully saturated rings. The van der Waals surface area contributed by atoms with Crippen LogP contribution in [0.3, 0.4) is 0 Å². The Hall–Kier alpha value is -1.99. The largest absolute Gasteiger partial charge is 0.462 e. The lowest BCUT2D eigenvalue weighted by atomic mass is 9.79. The fraction of sp³-hybridized carbons (Fsp3) is 0.774. The first-order valence-electron chi connectivity index (χ1n) is 14.9. The Balaban J connectivity index is 2.52. The minimum Gasteiger partial charge on any atom is -0.462 e. The molecule has 4 N–H and O–H groups in total. The summed E-state index contributed by atoms with van der Waals surface area (Å²) >= 11 is 0. The maximum absolute atomic E-state index is 13.1. The van der Waals surface area contributed by atoms with Crippen LogP contribution in [0.4, 0.5) is 0 Å². The lowest BCUT2D eigenvalue weighted by Gasteiger charge is -2.46. The van der Waals surface area contributed by atoms with Gasteiger partial charge in [0.2, 0.25) is 0 Å². The lowest BCUT2D eigenvalue weighted by molar-refractivity contribution is -0.304. The van der Waals surface area contributed by atoms with Gasteiger partial charge < -0.3 is 44.3 Å². The standard InChI is InChI=1S/C31H51NO10/c1-8-25-22(16-34)13-17(2)9-10-23(35)18(3)14-21(11-12-33)30(19(4)24(36)15-26(37)41-25)42-31-29(39)27(32(6)7)28(38)20(5)40-31/h9-10,12-13,18-22,24-25,27-31,34,36,38-39H,8,11,14-16H2,1-7H3/b10-9+,17-13+/t18-,19+,20-,21?,22-,24-,25-,27+,28-,29-,30-,31+/m1/s1. The van der Waals surface area contributed by atoms with Gasteiger partial charge in [-0.3, -0.25) is 9.59 Å². The van der Waals surface area contributed by atoms with Crippen LogP contribution >= 0.6 is 0 Å². The Bertz CT molecular complexity index is 952. The van der Waals surface area contributed by atoms with Gasteiger partial charge in [0.15, 0.2) is 12.1 Å². The van der Waals surface area contributed by atoms with Gasteiger partial charge >= 0.3 is 5.97 Å². The van der Waals surface area contributed by atoms with E-state index in [4.69, 9.17) is 14.2 Å². The Kier molecular flexibility index (Phi) is 14.4. The number of aldehydes is 1. The van der Waals surface area contributed by atoms with E-state index in [9.17, 15) is 34.8 Å². The number of esters is 1. The van der Waals surface area contributed by atoms with Crippen molar-refractivity contribution in [2.45, 2.75) is 109 Å². The van der Waals surface area contributed by atoms with Gasteiger partial charge in [0.25, 0.3) is 0 Å². The molecule has 0 spiro atoms. The highest BCUT2D eigenvalue weighted by Gasteiger charge is 2.47. The number of allylic oxidation sites excluding steroid dienone is 3. The van der Waals surface area contributed by atoms with Crippen molar-refractivity contribution in [1.29, 1.82) is 0 Å². The summed E-state index contributed by atoms with van der Waals surface area (Å²) in [4.78, 5) is 39.6. The zero-order chi connectivity index (χ0) is 31.7. The normalized spacial score (nSPS) is 41.6. The molecule has 2 aliphatic rings. The van der Waals surface area contributed by atoms with E-state index in [-0.39, 0.29) is 31.7 Å². The zero-order valence-corrected chi connectivity index (χ0v) is 26.0. The number of aliphatic hydroxyl groups excluding tert-OH is 4. The molecule has 0 amide bonds. The van der Waals surface area contributed by atoms with Gasteiger partial charge in [-0.05, 0) is 52.8 Å². The van der Waals surface area contributed by atoms with Crippen LogP contribution in [0.1, 0.15) is 60.3 Å². The minimum atomic E-state index is -1.27. The first kappa shape index (κ1) is 36.2. The number of carbonyl (C=O) groups excluding carboxylic acids is 3. The smallest absolute Gasteiger partial charge is 0.308 e. The first-order chi connectivity index (χ1) is 19.7. The number of nitrogens with zero attached hydrogens (tertiary/aromatic N) is 1. The van der Waals surface area contributed by atoms with E-state index in [0.29, 0.717) is 12.0 Å². The number of ether oxygens (including phenoxy) is 3. The fourth-order valence-corrected chi connectivity index (χ4v) is 5.93. The van der Waals surface area contributed by atoms with Crippen LogP contribution in [0.5, 0.6) is 0 Å². The van der Waals surface area contributed by atoms with E-state index in [0.717, 1.165) is 6.29 Å². The maximum atomic E-state index is 13.1. The predicted molar refractivity (Wildman–Crippen MR) is 155 cm³/mol. The quantitative estimate of drug-likeness (QED) is 0.248. The summed E-state index contributed by atoms with van der Waals surface area (Å²) in [7, 11) is 3.43. The van der Waals surface area contributed by atoms with Gasteiger partial charge in [0, 0.05) is 24.2 Å². The molecule has 2 aliphatic heterocycles. The maximum Gasteiger partial charge on any atom is 0.308 e. The molecule has 11 nitrogen and oxygen atoms in total. The van der Waals surface area contributed by atoms with Crippen LogP contribution in [-0.4, -0.2) is 113 Å². The topological polar surface area (TPSA) is 163 Å². The number of hydrogen-bond donors (Lipinski definition) is 4. The summed E-state index contributed by atoms with van der Waals surface area (Å²) < 4.78 is 17.9. The average molecular weight is 598 g/mol. The van der Waals surface area contributed by atoms with Crippen LogP contribution in [0.25, 0.3) is 0 Å². The third kappa shape index (κ3) is 9.51. The SMILES string of the molecule is CC[C@H]1OC(=O)C[C@@H](O)[C@H](C)[C@@H](O[C@@H]2O[C@H](C)[C@@H](O)[C@H](N(C)C)[C@H]2O)C(CC=O)C[C@@H](C)C(=O)/C=C/C(C)=C/[C@@H]1CO. The molecule has 2 rings (SSSR count). The van der Waals surface area contributed by atoms with Crippen LogP contribution in [0, 0.1) is 23.7 Å². The fourth-order valence-electron chi connectivity index (χ4n) is 5.93. The average Bonchev–Trinajstić information content (AvgIpc) is 2.93. The molecule has 0 radical (unpaired) electrons. The Morgan fingerprint density at radius 3 is 2.33 bits per heavy atom. The van der Waals surface area contributed by atoms with Crippen molar-refractivity contribution in [3.8, 4) is 0 Å². The molecule has 240 valence electrons. The summed E-state index contributed by atoms with van der Waals surface area (Å²) in [5, 5.41) is 43.0. The third-order valence-electron chi connectivity index (χ3n) is 8.56. The Morgan fingerprint density at radius 1 is 1.10 bits per heavy atom. The van der Waals surface area contributed by atoms with E-state index in [1.54, 1.807) is 58.8 Å². The van der Waals surface area contributed by atoms with Crippen LogP contribution in [0.2, 0.25) is 0 Å². The highest BCUT2D eigenvalue weighted by molar-refractivity contribution is 5.91. The van der Waals surface area contributed by atoms with Crippen LogP contribution < -0.4 is 0 Å². The van der Waals surface area contributed by atoms with E-state index in [2.05, 4.69) is 0 Å². The highest BCUT2D eigenvalue weighted by atomic mass is 16.7. The summed E-state index contributed by atoms with van der Waals surface area (Å²) in [6.45, 7) is 8.42. The van der Waals surface area contributed by atoms with E-state index in [1.807, 2.05) is 6.92 Å². The molecule has 12 atom stereocenters. The second-order valence-corrected chi connectivity index (χ2v) is 12.1. The molecule has 2 heterocycles. The number of cyclic esters (lactones) is 1. The van der Waals surface area contributed by atoms with Gasteiger partial charge in [0.1, 0.15) is 18.5 Å². The van der Waals surface area contributed by atoms with Crippen molar-refractivity contribution >= 4 is 18.0 Å². The van der Waals surface area contributed by atoms with Crippen molar-refractivity contribution in [2.75, 3.05) is 20.7 Å². The van der Waals surface area contributed by atoms with Crippen molar-refractivity contribution < 1.29 is 49.0 Å². The van der Waals surface area contributed by atoms with Crippen molar-refractivity contribution in [3.05, 3.63) is 23.8 Å². The van der Waals surface area contributed by atoms with Crippen LogP contribution in [-0.2, 0) is 28.6 Å². The molecule has 0 aromatic heterocycles. The molecule has 0 aromatic carbocycles. The van der Waals surface area contributed by atoms with Crippen molar-refractivity contribution in [2.24, 2.45) is 23.7 Å². The zero-order valence-electron chi connectivity index (χ0n) is 26.0. The summed E-state index contributed by atoms with van der Waals surface area (Å²) in [5.74, 6) is -3.16. The predicted octanol–water partition coefficient (Wildman–Crippen LogP) is 1.40. The first-order valence-corrected chi connectivity index (χ1v) is 14.9. The highest BCUT2D eigenvalue weighted by Crippen LogP contribution is 2.34. The number of ketones is 1. The number of aliphatic hydroxyl groups is 4. The number of hydrogen-bond acceptors (Lipinski definition) is 11. The third-order valence-corrected chi connectivity index (χ3v) is 8.56. The summed E-state index contributed by atoms with van der Waals surface area (Å²) in [5.41, 5.74) is 0.714. The van der Waals surface area contributed by atoms with E-state index < -0.39 is 78.6 Å². The molecule has 42 heavy (non-hydrogen) atoms. The molecular weight excluding hydrogens is 546 g/mol. The van der Waals surface area contributed by atoms with Gasteiger partial charge in [-0.2, -0.15) is 0 Å². The number of rotatable bonds is 7. The minimum absolute atomic E-state index is 0.000625. The van der Waals surface area contributed by atoms with Gasteiger partial charge in [-0.25, -0.2) is 0 Å². The molecule has 0 aromatic rings. The van der Waals surface area contributed by atoms with Crippen LogP contribution in [0.15, 0.2) is 23.8 Å². The monoisotopic (exact) mass is 597 g/mol. The van der Waals surface area contributed by atoms with E-state index in [1.165, 1.54) is 6.08 Å². The van der Waals surface area contributed by atoms with E-state index >= 15 is 0 Å². The molecular formula is C31H51NO10. The second-order valence-electron chi connectivity index (χ2n) is 12.1. The Labute approximate surface area is 249 Å². The summed E-state index contributed by atoms with van der Waals surface area (Å²) in [6.07, 6.45) is -1.12. The Morgan fingerprint density at radius 2 is 1.76 bits per heavy atom. The molecule has 1 unspecified atom stereocenters. The van der Waals surface area contributed by atoms with Gasteiger partial charge in [0.05, 0.1) is 43.5 Å². The number of likely N-dealkylation sites (N-methyl/N-ethyl adjacent to an activating group) is 1. The molecule has 0 aliphatic carbocycles. The molecule has 1 saturated heterocycles. The van der Waals surface area contributed by atoms with Crippen molar-refractivity contribution in [3.63, 3.8) is 0 Å². The second kappa shape index (κ2) is 16.7. The van der Waals surface area contributed by atoms with Crippen molar-refractivity contribution in [1.82, 2.24) is 4.90 Å². The van der Waals surface area contributed by atoms with Gasteiger partial charge in [-0.1, -0.05) is 38.5 Å². The van der Waals surface area contributed by atoms with Gasteiger partial charge in [-0.15, -0.1) is 0 Å². The molecule has 11 heteroatoms. The molecule has 0 saturated carbocycles. The summed E-state index contributed by atoms with van der Waals surface area (Å²) in [6, 6.07) is -0.711.